The van der Waals surface area contributed by atoms with Crippen LogP contribution in [0.1, 0.15) is 43.2 Å². The topological polar surface area (TPSA) is 25.8 Å². The Balaban J connectivity index is 1.13. The summed E-state index contributed by atoms with van der Waals surface area (Å²) in [6.07, 6.45) is 7.02. The highest BCUT2D eigenvalue weighted by molar-refractivity contribution is 6.03. The normalized spacial score (nSPS) is 24.8. The molecule has 230 valence electrons. The van der Waals surface area contributed by atoms with Crippen LogP contribution >= 0.6 is 0 Å². The van der Waals surface area contributed by atoms with Gasteiger partial charge in [-0.3, -0.25) is 0 Å². The van der Waals surface area contributed by atoms with Gasteiger partial charge in [0.05, 0.1) is 22.4 Å². The fourth-order valence-electron chi connectivity index (χ4n) is 11.0. The molecule has 6 aromatic carbocycles. The summed E-state index contributed by atoms with van der Waals surface area (Å²) in [5.41, 5.74) is 14.6. The zero-order valence-corrected chi connectivity index (χ0v) is 26.9. The number of hydrogen-bond donors (Lipinski definition) is 0. The lowest BCUT2D eigenvalue weighted by Gasteiger charge is -2.61. The van der Waals surface area contributed by atoms with Crippen molar-refractivity contribution in [2.45, 2.75) is 37.5 Å². The van der Waals surface area contributed by atoms with E-state index in [1.54, 1.807) is 11.1 Å². The molecule has 0 N–H and O–H groups in total. The zero-order chi connectivity index (χ0) is 31.4. The molecule has 2 nitrogen and oxygen atoms in total. The van der Waals surface area contributed by atoms with Crippen molar-refractivity contribution in [3.05, 3.63) is 145 Å². The summed E-state index contributed by atoms with van der Waals surface area (Å²) in [5.74, 6) is 3.32. The Kier molecular flexibility index (Phi) is 5.59. The molecule has 4 bridgehead atoms. The third-order valence-electron chi connectivity index (χ3n) is 12.6. The van der Waals surface area contributed by atoms with Crippen molar-refractivity contribution in [1.82, 2.24) is 9.97 Å². The molecule has 4 saturated carbocycles. The van der Waals surface area contributed by atoms with Crippen molar-refractivity contribution in [1.29, 1.82) is 0 Å². The van der Waals surface area contributed by atoms with Gasteiger partial charge in [-0.25, -0.2) is 9.97 Å². The van der Waals surface area contributed by atoms with E-state index in [1.807, 2.05) is 0 Å². The standard InChI is InChI=1S/C46H36N2/c1-2-8-30(9-3-1)31-14-16-33(17-15-31)44-45(48-42-13-7-6-12-41(42)47-44)34-19-20-39-38(27-34)43-37-11-5-4-10-32(37)18-21-40(43)46(39)35-23-28-22-29(25-35)26-36(46)24-28/h1-21,27-29,35-36H,22-26H2. The van der Waals surface area contributed by atoms with Gasteiger partial charge in [-0.2, -0.15) is 0 Å². The maximum absolute atomic E-state index is 5.36. The second-order valence-corrected chi connectivity index (χ2v) is 15.0. The molecule has 0 unspecified atom stereocenters. The summed E-state index contributed by atoms with van der Waals surface area (Å²) in [6.45, 7) is 0. The highest BCUT2D eigenvalue weighted by Crippen LogP contribution is 2.70. The Morgan fingerprint density at radius 2 is 1.02 bits per heavy atom. The zero-order valence-electron chi connectivity index (χ0n) is 26.9. The van der Waals surface area contributed by atoms with Gasteiger partial charge in [0.2, 0.25) is 0 Å². The van der Waals surface area contributed by atoms with E-state index in [9.17, 15) is 0 Å². The molecule has 0 atom stereocenters. The molecule has 4 fully saturated rings. The largest absolute Gasteiger partial charge is 0.244 e. The minimum atomic E-state index is 0.131. The van der Waals surface area contributed by atoms with Crippen LogP contribution in [0, 0.1) is 23.7 Å². The third-order valence-corrected chi connectivity index (χ3v) is 12.6. The first kappa shape index (κ1) is 26.9. The first-order chi connectivity index (χ1) is 23.7. The van der Waals surface area contributed by atoms with E-state index >= 15 is 0 Å². The minimum absolute atomic E-state index is 0.131. The maximum Gasteiger partial charge on any atom is 0.0973 e. The number of nitrogens with zero attached hydrogens (tertiary/aromatic N) is 2. The van der Waals surface area contributed by atoms with E-state index in [0.717, 1.165) is 57.2 Å². The number of benzene rings is 6. The van der Waals surface area contributed by atoms with Crippen LogP contribution in [0.3, 0.4) is 0 Å². The molecule has 0 radical (unpaired) electrons. The van der Waals surface area contributed by atoms with Crippen molar-refractivity contribution in [3.63, 3.8) is 0 Å². The molecule has 48 heavy (non-hydrogen) atoms. The average Bonchev–Trinajstić information content (AvgIpc) is 3.44. The van der Waals surface area contributed by atoms with Gasteiger partial charge >= 0.3 is 0 Å². The molecule has 1 spiro atoms. The minimum Gasteiger partial charge on any atom is -0.244 e. The van der Waals surface area contributed by atoms with E-state index in [-0.39, 0.29) is 5.41 Å². The Morgan fingerprint density at radius 3 is 1.75 bits per heavy atom. The number of aromatic nitrogens is 2. The predicted octanol–water partition coefficient (Wildman–Crippen LogP) is 11.5. The number of fused-ring (bicyclic) bond motifs is 6. The number of hydrogen-bond acceptors (Lipinski definition) is 2. The molecule has 1 aromatic heterocycles. The lowest BCUT2D eigenvalue weighted by atomic mass is 9.43. The molecule has 1 heterocycles. The van der Waals surface area contributed by atoms with Gasteiger partial charge in [0.15, 0.2) is 0 Å². The first-order valence-corrected chi connectivity index (χ1v) is 17.8. The van der Waals surface area contributed by atoms with Gasteiger partial charge in [-0.1, -0.05) is 115 Å². The van der Waals surface area contributed by atoms with Gasteiger partial charge in [0.1, 0.15) is 0 Å². The number of para-hydroxylation sites is 2. The van der Waals surface area contributed by atoms with Crippen molar-refractivity contribution in [2.75, 3.05) is 0 Å². The summed E-state index contributed by atoms with van der Waals surface area (Å²) in [5, 5.41) is 2.72. The second kappa shape index (κ2) is 9.97. The van der Waals surface area contributed by atoms with Crippen LogP contribution in [0.25, 0.3) is 66.6 Å². The van der Waals surface area contributed by atoms with Crippen LogP contribution in [-0.2, 0) is 5.41 Å². The molecule has 12 rings (SSSR count). The van der Waals surface area contributed by atoms with Crippen LogP contribution in [0.4, 0.5) is 0 Å². The Hall–Kier alpha value is -5.08. The summed E-state index contributed by atoms with van der Waals surface area (Å²) in [4.78, 5) is 10.7. The fraction of sp³-hybridized carbons (Fsp3) is 0.217. The quantitative estimate of drug-likeness (QED) is 0.197. The molecular formula is C46H36N2. The SMILES string of the molecule is c1ccc(-c2ccc(-c3nc4ccccc4nc3-c3ccc4c(c3)-c3c(ccc5ccccc35)C43C4CC5CC(C4)CC3C5)cc2)cc1. The predicted molar refractivity (Wildman–Crippen MR) is 197 cm³/mol. The van der Waals surface area contributed by atoms with Gasteiger partial charge < -0.3 is 0 Å². The smallest absolute Gasteiger partial charge is 0.0973 e. The Morgan fingerprint density at radius 1 is 0.458 bits per heavy atom. The summed E-state index contributed by atoms with van der Waals surface area (Å²) >= 11 is 0. The molecule has 0 aliphatic heterocycles. The Bertz CT molecular complexity index is 2380. The average molecular weight is 617 g/mol. The lowest BCUT2D eigenvalue weighted by Crippen LogP contribution is -2.55. The van der Waals surface area contributed by atoms with Crippen LogP contribution in [-0.4, -0.2) is 9.97 Å². The molecule has 7 aromatic rings. The lowest BCUT2D eigenvalue weighted by molar-refractivity contribution is -0.0399. The highest BCUT2D eigenvalue weighted by atomic mass is 14.8. The van der Waals surface area contributed by atoms with Gasteiger partial charge in [-0.15, -0.1) is 0 Å². The second-order valence-electron chi connectivity index (χ2n) is 15.0. The van der Waals surface area contributed by atoms with E-state index in [1.165, 1.54) is 65.1 Å². The van der Waals surface area contributed by atoms with Crippen LogP contribution in [0.2, 0.25) is 0 Å². The van der Waals surface area contributed by atoms with Crippen LogP contribution in [0.5, 0.6) is 0 Å². The molecule has 2 heteroatoms. The molecular weight excluding hydrogens is 581 g/mol. The van der Waals surface area contributed by atoms with Crippen molar-refractivity contribution >= 4 is 21.8 Å². The Labute approximate surface area is 281 Å². The molecule has 5 aliphatic rings. The fourth-order valence-corrected chi connectivity index (χ4v) is 11.0. The van der Waals surface area contributed by atoms with Crippen LogP contribution < -0.4 is 0 Å². The molecule has 5 aliphatic carbocycles. The van der Waals surface area contributed by atoms with E-state index < -0.39 is 0 Å². The first-order valence-electron chi connectivity index (χ1n) is 17.8. The van der Waals surface area contributed by atoms with E-state index in [0.29, 0.717) is 0 Å². The number of rotatable bonds is 3. The third kappa shape index (κ3) is 3.69. The monoisotopic (exact) mass is 616 g/mol. The van der Waals surface area contributed by atoms with E-state index in [2.05, 4.69) is 133 Å². The summed E-state index contributed by atoms with van der Waals surface area (Å²) in [7, 11) is 0. The van der Waals surface area contributed by atoms with Gasteiger partial charge in [-0.05, 0) is 118 Å². The maximum atomic E-state index is 5.36. The van der Waals surface area contributed by atoms with Crippen LogP contribution in [0.15, 0.2) is 133 Å². The summed E-state index contributed by atoms with van der Waals surface area (Å²) < 4.78 is 0. The highest BCUT2D eigenvalue weighted by Gasteiger charge is 2.61. The van der Waals surface area contributed by atoms with Crippen molar-refractivity contribution in [2.24, 2.45) is 23.7 Å². The van der Waals surface area contributed by atoms with Crippen molar-refractivity contribution < 1.29 is 0 Å². The van der Waals surface area contributed by atoms with Crippen molar-refractivity contribution in [3.8, 4) is 44.8 Å². The van der Waals surface area contributed by atoms with Gasteiger partial charge in [0.25, 0.3) is 0 Å². The summed E-state index contributed by atoms with van der Waals surface area (Å²) in [6, 6.07) is 49.1. The molecule has 0 amide bonds. The van der Waals surface area contributed by atoms with E-state index in [4.69, 9.17) is 9.97 Å². The van der Waals surface area contributed by atoms with Gasteiger partial charge in [0, 0.05) is 16.5 Å². The molecule has 0 saturated heterocycles.